The van der Waals surface area contributed by atoms with E-state index in [1.165, 1.54) is 11.3 Å². The molecule has 2 rings (SSSR count). The molecular formula is C13H12ClN3O2S2. The third kappa shape index (κ3) is 3.67. The van der Waals surface area contributed by atoms with Crippen molar-refractivity contribution in [1.29, 1.82) is 5.26 Å². The Morgan fingerprint density at radius 2 is 2.00 bits per heavy atom. The molecule has 21 heavy (non-hydrogen) atoms. The number of sulfonamides is 1. The Bertz CT molecular complexity index is 777. The molecule has 1 heterocycles. The maximum Gasteiger partial charge on any atom is 0.233 e. The summed E-state index contributed by atoms with van der Waals surface area (Å²) in [6.07, 6.45) is 0. The minimum atomic E-state index is -3.42. The average Bonchev–Trinajstić information content (AvgIpc) is 2.80. The van der Waals surface area contributed by atoms with Crippen LogP contribution in [-0.4, -0.2) is 20.1 Å². The van der Waals surface area contributed by atoms with E-state index in [2.05, 4.69) is 10.8 Å². The number of alkyl halides is 1. The molecule has 1 aromatic heterocycles. The van der Waals surface area contributed by atoms with Gasteiger partial charge in [0.05, 0.1) is 11.3 Å². The molecule has 8 heteroatoms. The van der Waals surface area contributed by atoms with E-state index in [0.29, 0.717) is 16.3 Å². The molecule has 0 saturated heterocycles. The predicted octanol–water partition coefficient (Wildman–Crippen LogP) is 2.85. The second-order valence-corrected chi connectivity index (χ2v) is 7.32. The number of nitrogens with two attached hydrogens (primary N) is 1. The van der Waals surface area contributed by atoms with E-state index < -0.39 is 10.0 Å². The first-order valence-electron chi connectivity index (χ1n) is 5.91. The van der Waals surface area contributed by atoms with Gasteiger partial charge in [0.25, 0.3) is 0 Å². The lowest BCUT2D eigenvalue weighted by Crippen LogP contribution is -2.17. The zero-order valence-electron chi connectivity index (χ0n) is 10.8. The van der Waals surface area contributed by atoms with Crippen LogP contribution in [0.1, 0.15) is 5.56 Å². The van der Waals surface area contributed by atoms with Crippen LogP contribution in [0.4, 0.5) is 10.7 Å². The van der Waals surface area contributed by atoms with Crippen molar-refractivity contribution < 1.29 is 8.42 Å². The van der Waals surface area contributed by atoms with Crippen LogP contribution in [0.25, 0.3) is 11.1 Å². The van der Waals surface area contributed by atoms with Gasteiger partial charge in [-0.3, -0.25) is 4.72 Å². The highest BCUT2D eigenvalue weighted by Gasteiger charge is 2.12. The van der Waals surface area contributed by atoms with Gasteiger partial charge in [0.15, 0.2) is 0 Å². The van der Waals surface area contributed by atoms with Gasteiger partial charge < -0.3 is 5.73 Å². The van der Waals surface area contributed by atoms with E-state index in [-0.39, 0.29) is 11.6 Å². The van der Waals surface area contributed by atoms with E-state index in [0.717, 1.165) is 11.1 Å². The highest BCUT2D eigenvalue weighted by atomic mass is 35.5. The number of hydrogen-bond donors (Lipinski definition) is 2. The number of hydrogen-bond acceptors (Lipinski definition) is 5. The summed E-state index contributed by atoms with van der Waals surface area (Å²) in [4.78, 5) is 0. The third-order valence-electron chi connectivity index (χ3n) is 2.75. The number of halogens is 1. The van der Waals surface area contributed by atoms with E-state index in [4.69, 9.17) is 22.6 Å². The van der Waals surface area contributed by atoms with Crippen molar-refractivity contribution in [2.45, 2.75) is 0 Å². The fourth-order valence-corrected chi connectivity index (χ4v) is 3.93. The van der Waals surface area contributed by atoms with Gasteiger partial charge in [-0.05, 0) is 17.7 Å². The Kier molecular flexibility index (Phi) is 4.73. The zero-order chi connectivity index (χ0) is 15.5. The molecule has 2 aromatic rings. The summed E-state index contributed by atoms with van der Waals surface area (Å²) < 4.78 is 25.6. The van der Waals surface area contributed by atoms with Crippen molar-refractivity contribution in [2.24, 2.45) is 0 Å². The number of nitrogen functional groups attached to an aromatic ring is 1. The van der Waals surface area contributed by atoms with Crippen molar-refractivity contribution in [3.05, 3.63) is 35.2 Å². The van der Waals surface area contributed by atoms with Crippen molar-refractivity contribution in [1.82, 2.24) is 0 Å². The van der Waals surface area contributed by atoms with Crippen LogP contribution < -0.4 is 10.5 Å². The Morgan fingerprint density at radius 1 is 1.33 bits per heavy atom. The van der Waals surface area contributed by atoms with Crippen LogP contribution in [0.3, 0.4) is 0 Å². The van der Waals surface area contributed by atoms with Gasteiger partial charge in [0.2, 0.25) is 10.0 Å². The molecule has 5 nitrogen and oxygen atoms in total. The SMILES string of the molecule is N#Cc1c(-c2ccc(NS(=O)(=O)CCCl)cc2)csc1N. The first-order chi connectivity index (χ1) is 9.96. The van der Waals surface area contributed by atoms with Gasteiger partial charge in [-0.2, -0.15) is 5.26 Å². The highest BCUT2D eigenvalue weighted by molar-refractivity contribution is 7.92. The van der Waals surface area contributed by atoms with Crippen LogP contribution in [-0.2, 0) is 10.0 Å². The summed E-state index contributed by atoms with van der Waals surface area (Å²) in [6, 6.07) is 8.82. The smallest absolute Gasteiger partial charge is 0.233 e. The number of nitriles is 1. The summed E-state index contributed by atoms with van der Waals surface area (Å²) in [6.45, 7) is 0. The number of nitrogens with one attached hydrogen (secondary N) is 1. The monoisotopic (exact) mass is 341 g/mol. The molecule has 0 aliphatic rings. The summed E-state index contributed by atoms with van der Waals surface area (Å²) in [7, 11) is -3.42. The van der Waals surface area contributed by atoms with Crippen molar-refractivity contribution in [2.75, 3.05) is 22.1 Å². The second-order valence-electron chi connectivity index (χ2n) is 4.19. The van der Waals surface area contributed by atoms with Gasteiger partial charge in [-0.25, -0.2) is 8.42 Å². The predicted molar refractivity (Wildman–Crippen MR) is 87.0 cm³/mol. The van der Waals surface area contributed by atoms with Crippen LogP contribution in [0, 0.1) is 11.3 Å². The Labute approximate surface area is 132 Å². The molecule has 3 N–H and O–H groups in total. The average molecular weight is 342 g/mol. The molecule has 0 aliphatic heterocycles. The standard InChI is InChI=1S/C13H12ClN3O2S2/c14-5-6-21(18,19)17-10-3-1-9(2-4-10)12-8-20-13(16)11(12)7-15/h1-4,8,17H,5-6,16H2. The molecule has 0 spiro atoms. The third-order valence-corrected chi connectivity index (χ3v) is 5.26. The van der Waals surface area contributed by atoms with Gasteiger partial charge in [0, 0.05) is 22.5 Å². The lowest BCUT2D eigenvalue weighted by atomic mass is 10.0. The van der Waals surface area contributed by atoms with E-state index in [9.17, 15) is 8.42 Å². The summed E-state index contributed by atoms with van der Waals surface area (Å²) in [5.74, 6) is -0.108. The zero-order valence-corrected chi connectivity index (χ0v) is 13.2. The molecule has 0 unspecified atom stereocenters. The molecule has 0 saturated carbocycles. The minimum absolute atomic E-state index is 0.0348. The highest BCUT2D eigenvalue weighted by Crippen LogP contribution is 2.33. The number of benzene rings is 1. The maximum absolute atomic E-state index is 11.6. The fourth-order valence-electron chi connectivity index (χ4n) is 1.75. The number of rotatable bonds is 5. The minimum Gasteiger partial charge on any atom is -0.389 e. The largest absolute Gasteiger partial charge is 0.389 e. The summed E-state index contributed by atoms with van der Waals surface area (Å²) in [5, 5.41) is 11.4. The van der Waals surface area contributed by atoms with Crippen molar-refractivity contribution >= 4 is 43.6 Å². The van der Waals surface area contributed by atoms with Crippen LogP contribution in [0.15, 0.2) is 29.6 Å². The first-order valence-corrected chi connectivity index (χ1v) is 8.97. The van der Waals surface area contributed by atoms with Gasteiger partial charge in [-0.1, -0.05) is 12.1 Å². The van der Waals surface area contributed by atoms with Gasteiger partial charge in [-0.15, -0.1) is 22.9 Å². The second kappa shape index (κ2) is 6.35. The Morgan fingerprint density at radius 3 is 2.57 bits per heavy atom. The van der Waals surface area contributed by atoms with Crippen LogP contribution >= 0.6 is 22.9 Å². The van der Waals surface area contributed by atoms with E-state index in [1.807, 2.05) is 0 Å². The van der Waals surface area contributed by atoms with E-state index in [1.54, 1.807) is 29.6 Å². The maximum atomic E-state index is 11.6. The molecule has 0 fully saturated rings. The molecule has 0 atom stereocenters. The summed E-state index contributed by atoms with van der Waals surface area (Å²) in [5.41, 5.74) is 8.17. The molecule has 0 aliphatic carbocycles. The summed E-state index contributed by atoms with van der Waals surface area (Å²) >= 11 is 6.73. The van der Waals surface area contributed by atoms with Crippen LogP contribution in [0.5, 0.6) is 0 Å². The molecule has 0 radical (unpaired) electrons. The first kappa shape index (κ1) is 15.6. The van der Waals surface area contributed by atoms with Crippen LogP contribution in [0.2, 0.25) is 0 Å². The quantitative estimate of drug-likeness (QED) is 0.817. The van der Waals surface area contributed by atoms with Crippen molar-refractivity contribution in [3.63, 3.8) is 0 Å². The number of nitrogens with zero attached hydrogens (tertiary/aromatic N) is 1. The fraction of sp³-hybridized carbons (Fsp3) is 0.154. The number of thiophene rings is 1. The molecule has 1 aromatic carbocycles. The molecule has 0 amide bonds. The number of anilines is 2. The molecular weight excluding hydrogens is 330 g/mol. The van der Waals surface area contributed by atoms with Crippen molar-refractivity contribution in [3.8, 4) is 17.2 Å². The van der Waals surface area contributed by atoms with Gasteiger partial charge >= 0.3 is 0 Å². The Hall–Kier alpha value is -1.75. The Balaban J connectivity index is 2.26. The lowest BCUT2D eigenvalue weighted by molar-refractivity contribution is 0.602. The normalized spacial score (nSPS) is 11.0. The molecule has 0 bridgehead atoms. The lowest BCUT2D eigenvalue weighted by Gasteiger charge is -2.07. The molecule has 110 valence electrons. The van der Waals surface area contributed by atoms with E-state index >= 15 is 0 Å². The topological polar surface area (TPSA) is 96.0 Å². The van der Waals surface area contributed by atoms with Gasteiger partial charge in [0.1, 0.15) is 11.1 Å².